The maximum absolute atomic E-state index is 13.2. The normalized spacial score (nSPS) is 17.1. The van der Waals surface area contributed by atoms with E-state index in [2.05, 4.69) is 26.2 Å². The van der Waals surface area contributed by atoms with Crippen LogP contribution in [0.15, 0.2) is 48.8 Å². The van der Waals surface area contributed by atoms with Gasteiger partial charge in [-0.25, -0.2) is 9.37 Å². The van der Waals surface area contributed by atoms with Crippen LogP contribution in [-0.2, 0) is 0 Å². The quantitative estimate of drug-likeness (QED) is 0.781. The van der Waals surface area contributed by atoms with Gasteiger partial charge in [0.25, 0.3) is 0 Å². The van der Waals surface area contributed by atoms with E-state index in [1.807, 2.05) is 6.07 Å². The molecule has 4 rings (SSSR count). The van der Waals surface area contributed by atoms with Crippen molar-refractivity contribution in [3.05, 3.63) is 65.9 Å². The summed E-state index contributed by atoms with van der Waals surface area (Å²) in [4.78, 5) is 6.64. The molecule has 1 saturated heterocycles. The number of nitriles is 1. The monoisotopic (exact) mass is 347 g/mol. The Hall–Kier alpha value is -3.20. The molecule has 0 spiro atoms. The van der Waals surface area contributed by atoms with Gasteiger partial charge >= 0.3 is 0 Å². The van der Waals surface area contributed by atoms with Crippen molar-refractivity contribution in [2.75, 3.05) is 18.0 Å². The number of nitrogens with one attached hydrogen (secondary N) is 1. The number of pyridine rings is 1. The molecule has 26 heavy (non-hydrogen) atoms. The van der Waals surface area contributed by atoms with E-state index < -0.39 is 0 Å². The van der Waals surface area contributed by atoms with Gasteiger partial charge in [-0.2, -0.15) is 10.4 Å². The lowest BCUT2D eigenvalue weighted by molar-refractivity contribution is 0.498. The van der Waals surface area contributed by atoms with Gasteiger partial charge < -0.3 is 4.90 Å². The molecule has 1 fully saturated rings. The molecule has 1 aliphatic rings. The summed E-state index contributed by atoms with van der Waals surface area (Å²) in [7, 11) is 0. The van der Waals surface area contributed by atoms with Crippen molar-refractivity contribution in [2.24, 2.45) is 0 Å². The first-order valence-corrected chi connectivity index (χ1v) is 8.65. The summed E-state index contributed by atoms with van der Waals surface area (Å²) in [6.07, 6.45) is 5.56. The Kier molecular flexibility index (Phi) is 4.36. The number of hydrogen-bond acceptors (Lipinski definition) is 4. The molecule has 0 amide bonds. The number of hydrogen-bond donors (Lipinski definition) is 1. The minimum Gasteiger partial charge on any atom is -0.356 e. The Bertz CT molecular complexity index is 941. The molecule has 1 atom stereocenters. The lowest BCUT2D eigenvalue weighted by Gasteiger charge is -2.33. The summed E-state index contributed by atoms with van der Waals surface area (Å²) in [5.41, 5.74) is 3.65. The average molecular weight is 347 g/mol. The van der Waals surface area contributed by atoms with Gasteiger partial charge in [0.15, 0.2) is 0 Å². The van der Waals surface area contributed by atoms with E-state index >= 15 is 0 Å². The van der Waals surface area contributed by atoms with Crippen LogP contribution in [0.2, 0.25) is 0 Å². The molecule has 2 aromatic heterocycles. The second-order valence-electron chi connectivity index (χ2n) is 6.50. The molecule has 1 N–H and O–H groups in total. The third-order valence-corrected chi connectivity index (χ3v) is 4.85. The molecule has 0 aliphatic carbocycles. The number of halogens is 1. The highest BCUT2D eigenvalue weighted by Crippen LogP contribution is 2.34. The molecular formula is C20H18FN5. The Morgan fingerprint density at radius 3 is 2.88 bits per heavy atom. The number of nitrogens with zero attached hydrogens (tertiary/aromatic N) is 4. The zero-order chi connectivity index (χ0) is 17.9. The number of anilines is 1. The Morgan fingerprint density at radius 1 is 1.23 bits per heavy atom. The van der Waals surface area contributed by atoms with Crippen LogP contribution in [-0.4, -0.2) is 28.3 Å². The minimum absolute atomic E-state index is 0.244. The molecule has 1 aromatic carbocycles. The van der Waals surface area contributed by atoms with Crippen molar-refractivity contribution in [3.63, 3.8) is 0 Å². The van der Waals surface area contributed by atoms with Gasteiger partial charge in [0, 0.05) is 36.5 Å². The molecular weight excluding hydrogens is 329 g/mol. The first-order valence-electron chi connectivity index (χ1n) is 8.65. The third-order valence-electron chi connectivity index (χ3n) is 4.85. The SMILES string of the molecule is N#Cc1ccnc(N2CCC[C@@H](c3[nH]ncc3-c3ccc(F)cc3)C2)c1. The molecule has 0 bridgehead atoms. The van der Waals surface area contributed by atoms with Gasteiger partial charge in [0.1, 0.15) is 11.6 Å². The number of H-pyrrole nitrogens is 1. The van der Waals surface area contributed by atoms with Gasteiger partial charge in [-0.15, -0.1) is 0 Å². The fourth-order valence-corrected chi connectivity index (χ4v) is 3.55. The van der Waals surface area contributed by atoms with Crippen molar-refractivity contribution in [1.29, 1.82) is 5.26 Å². The maximum atomic E-state index is 13.2. The maximum Gasteiger partial charge on any atom is 0.129 e. The number of piperidine rings is 1. The highest BCUT2D eigenvalue weighted by Gasteiger charge is 2.26. The highest BCUT2D eigenvalue weighted by atomic mass is 19.1. The van der Waals surface area contributed by atoms with Gasteiger partial charge in [-0.05, 0) is 42.7 Å². The minimum atomic E-state index is -0.244. The molecule has 1 aliphatic heterocycles. The fourth-order valence-electron chi connectivity index (χ4n) is 3.55. The first kappa shape index (κ1) is 16.3. The second kappa shape index (κ2) is 6.96. The van der Waals surface area contributed by atoms with E-state index in [0.717, 1.165) is 48.6 Å². The zero-order valence-corrected chi connectivity index (χ0v) is 14.2. The predicted octanol–water partition coefficient (Wildman–Crippen LogP) is 3.87. The van der Waals surface area contributed by atoms with Gasteiger partial charge in [0.05, 0.1) is 17.8 Å². The molecule has 0 saturated carbocycles. The number of benzene rings is 1. The number of rotatable bonds is 3. The molecule has 5 nitrogen and oxygen atoms in total. The summed E-state index contributed by atoms with van der Waals surface area (Å²) in [5.74, 6) is 0.863. The van der Waals surface area contributed by atoms with Crippen LogP contribution in [0.3, 0.4) is 0 Å². The lowest BCUT2D eigenvalue weighted by atomic mass is 9.90. The fraction of sp³-hybridized carbons (Fsp3) is 0.250. The van der Waals surface area contributed by atoms with Crippen molar-refractivity contribution in [2.45, 2.75) is 18.8 Å². The van der Waals surface area contributed by atoms with Crippen LogP contribution in [0.25, 0.3) is 11.1 Å². The highest BCUT2D eigenvalue weighted by molar-refractivity contribution is 5.66. The van der Waals surface area contributed by atoms with Crippen molar-refractivity contribution >= 4 is 5.82 Å². The molecule has 3 aromatic rings. The van der Waals surface area contributed by atoms with E-state index in [9.17, 15) is 4.39 Å². The van der Waals surface area contributed by atoms with Gasteiger partial charge in [-0.1, -0.05) is 12.1 Å². The standard InChI is InChI=1S/C20H18FN5/c21-17-5-3-15(4-6-17)18-12-24-25-20(18)16-2-1-9-26(13-16)19-10-14(11-22)7-8-23-19/h3-8,10,12,16H,1-2,9,13H2,(H,24,25)/t16-/m1/s1. The molecule has 0 unspecified atom stereocenters. The first-order chi connectivity index (χ1) is 12.7. The molecule has 130 valence electrons. The van der Waals surface area contributed by atoms with Crippen LogP contribution in [0, 0.1) is 17.1 Å². The Morgan fingerprint density at radius 2 is 2.08 bits per heavy atom. The molecule has 0 radical (unpaired) electrons. The van der Waals surface area contributed by atoms with Crippen LogP contribution < -0.4 is 4.90 Å². The van der Waals surface area contributed by atoms with Crippen LogP contribution >= 0.6 is 0 Å². The summed E-state index contributed by atoms with van der Waals surface area (Å²) in [6.45, 7) is 1.72. The largest absolute Gasteiger partial charge is 0.356 e. The van der Waals surface area contributed by atoms with E-state index in [-0.39, 0.29) is 11.7 Å². The van der Waals surface area contributed by atoms with Crippen molar-refractivity contribution < 1.29 is 4.39 Å². The van der Waals surface area contributed by atoms with Crippen LogP contribution in [0.1, 0.15) is 30.0 Å². The smallest absolute Gasteiger partial charge is 0.129 e. The zero-order valence-electron chi connectivity index (χ0n) is 14.2. The van der Waals surface area contributed by atoms with Crippen molar-refractivity contribution in [1.82, 2.24) is 15.2 Å². The number of aromatic amines is 1. The average Bonchev–Trinajstić information content (AvgIpc) is 3.18. The third kappa shape index (κ3) is 3.16. The van der Waals surface area contributed by atoms with Crippen LogP contribution in [0.4, 0.5) is 10.2 Å². The van der Waals surface area contributed by atoms with E-state index in [1.165, 1.54) is 12.1 Å². The van der Waals surface area contributed by atoms with Gasteiger partial charge in [0.2, 0.25) is 0 Å². The molecule has 6 heteroatoms. The number of aromatic nitrogens is 3. The summed E-state index contributed by atoms with van der Waals surface area (Å²) < 4.78 is 13.2. The van der Waals surface area contributed by atoms with E-state index in [4.69, 9.17) is 5.26 Å². The second-order valence-corrected chi connectivity index (χ2v) is 6.50. The van der Waals surface area contributed by atoms with Crippen molar-refractivity contribution in [3.8, 4) is 17.2 Å². The Balaban J connectivity index is 1.60. The van der Waals surface area contributed by atoms with Gasteiger partial charge in [-0.3, -0.25) is 5.10 Å². The van der Waals surface area contributed by atoms with E-state index in [0.29, 0.717) is 5.56 Å². The molecule has 3 heterocycles. The topological polar surface area (TPSA) is 68.6 Å². The summed E-state index contributed by atoms with van der Waals surface area (Å²) in [5, 5.41) is 16.5. The lowest BCUT2D eigenvalue weighted by Crippen LogP contribution is -2.35. The summed E-state index contributed by atoms with van der Waals surface area (Å²) >= 11 is 0. The van der Waals surface area contributed by atoms with E-state index in [1.54, 1.807) is 30.6 Å². The summed E-state index contributed by atoms with van der Waals surface area (Å²) in [6, 6.07) is 12.2. The Labute approximate surface area is 151 Å². The predicted molar refractivity (Wildman–Crippen MR) is 97.1 cm³/mol. The van der Waals surface area contributed by atoms with Crippen LogP contribution in [0.5, 0.6) is 0 Å².